The summed E-state index contributed by atoms with van der Waals surface area (Å²) in [4.78, 5) is 11.9. The number of carbonyl (C=O) groups is 1. The summed E-state index contributed by atoms with van der Waals surface area (Å²) in [6, 6.07) is 7.34. The summed E-state index contributed by atoms with van der Waals surface area (Å²) in [5, 5.41) is 5.08. The van der Waals surface area contributed by atoms with Crippen LogP contribution < -0.4 is 10.6 Å². The molecule has 2 N–H and O–H groups in total. The van der Waals surface area contributed by atoms with Crippen molar-refractivity contribution >= 4 is 34.9 Å². The molecule has 1 heterocycles. The highest BCUT2D eigenvalue weighted by Gasteiger charge is 2.12. The molecule has 22 heavy (non-hydrogen) atoms. The van der Waals surface area contributed by atoms with Crippen LogP contribution in [0, 0.1) is 12.7 Å². The van der Waals surface area contributed by atoms with Gasteiger partial charge in [-0.05, 0) is 30.7 Å². The van der Waals surface area contributed by atoms with Crippen molar-refractivity contribution in [2.75, 3.05) is 0 Å². The molecule has 0 fully saturated rings. The van der Waals surface area contributed by atoms with Crippen molar-refractivity contribution in [1.29, 1.82) is 0 Å². The van der Waals surface area contributed by atoms with Gasteiger partial charge in [-0.1, -0.05) is 35.3 Å². The Morgan fingerprint density at radius 2 is 2.09 bits per heavy atom. The highest BCUT2D eigenvalue weighted by Crippen LogP contribution is 2.23. The number of furan rings is 1. The van der Waals surface area contributed by atoms with Crippen LogP contribution in [0.25, 0.3) is 5.70 Å². The average Bonchev–Trinajstić information content (AvgIpc) is 2.98. The molecule has 0 radical (unpaired) electrons. The predicted octanol–water partition coefficient (Wildman–Crippen LogP) is 4.33. The van der Waals surface area contributed by atoms with Gasteiger partial charge in [-0.15, -0.1) is 0 Å². The lowest BCUT2D eigenvalue weighted by atomic mass is 10.1. The third-order valence-electron chi connectivity index (χ3n) is 2.89. The molecule has 0 bridgehead atoms. The zero-order valence-electron chi connectivity index (χ0n) is 11.6. The Kier molecular flexibility index (Phi) is 5.46. The van der Waals surface area contributed by atoms with Crippen LogP contribution in [0.5, 0.6) is 0 Å². The number of benzene rings is 1. The van der Waals surface area contributed by atoms with E-state index in [2.05, 4.69) is 10.6 Å². The van der Waals surface area contributed by atoms with Gasteiger partial charge >= 0.3 is 6.03 Å². The summed E-state index contributed by atoms with van der Waals surface area (Å²) < 4.78 is 18.5. The number of aryl methyl sites for hydroxylation is 1. The van der Waals surface area contributed by atoms with Gasteiger partial charge in [-0.2, -0.15) is 0 Å². The maximum Gasteiger partial charge on any atom is 0.319 e. The van der Waals surface area contributed by atoms with Crippen molar-refractivity contribution < 1.29 is 13.6 Å². The first kappa shape index (κ1) is 16.4. The fourth-order valence-corrected chi connectivity index (χ4v) is 2.03. The van der Waals surface area contributed by atoms with E-state index in [9.17, 15) is 9.18 Å². The quantitative estimate of drug-likeness (QED) is 0.868. The highest BCUT2D eigenvalue weighted by molar-refractivity contribution is 6.58. The number of rotatable bonds is 4. The van der Waals surface area contributed by atoms with Crippen LogP contribution in [0.1, 0.15) is 16.9 Å². The van der Waals surface area contributed by atoms with E-state index in [1.165, 1.54) is 12.3 Å². The lowest BCUT2D eigenvalue weighted by Crippen LogP contribution is -2.34. The van der Waals surface area contributed by atoms with Gasteiger partial charge in [0.2, 0.25) is 0 Å². The average molecular weight is 343 g/mol. The second-order valence-electron chi connectivity index (χ2n) is 4.49. The maximum absolute atomic E-state index is 13.6. The van der Waals surface area contributed by atoms with Crippen molar-refractivity contribution in [3.05, 3.63) is 63.8 Å². The van der Waals surface area contributed by atoms with Gasteiger partial charge in [0.25, 0.3) is 0 Å². The molecule has 0 spiro atoms. The molecule has 0 saturated carbocycles. The second kappa shape index (κ2) is 7.33. The number of carbonyl (C=O) groups excluding carboxylic acids is 1. The maximum atomic E-state index is 13.6. The van der Waals surface area contributed by atoms with Crippen molar-refractivity contribution in [2.24, 2.45) is 0 Å². The number of nitrogens with one attached hydrogen (secondary N) is 2. The largest absolute Gasteiger partial charge is 0.467 e. The summed E-state index contributed by atoms with van der Waals surface area (Å²) in [5.41, 5.74) is 0.978. The molecule has 0 aliphatic carbocycles. The van der Waals surface area contributed by atoms with E-state index in [1.807, 2.05) is 0 Å². The Hall–Kier alpha value is -1.98. The Morgan fingerprint density at radius 1 is 1.32 bits per heavy atom. The highest BCUT2D eigenvalue weighted by atomic mass is 35.5. The second-order valence-corrected chi connectivity index (χ2v) is 5.44. The first-order valence-electron chi connectivity index (χ1n) is 6.36. The van der Waals surface area contributed by atoms with E-state index in [0.29, 0.717) is 16.9 Å². The van der Waals surface area contributed by atoms with E-state index in [4.69, 9.17) is 27.6 Å². The summed E-state index contributed by atoms with van der Waals surface area (Å²) in [7, 11) is 0. The van der Waals surface area contributed by atoms with Crippen LogP contribution in [-0.4, -0.2) is 6.03 Å². The molecular weight excluding hydrogens is 330 g/mol. The smallest absolute Gasteiger partial charge is 0.319 e. The van der Waals surface area contributed by atoms with E-state index in [-0.39, 0.29) is 16.7 Å². The monoisotopic (exact) mass is 342 g/mol. The summed E-state index contributed by atoms with van der Waals surface area (Å²) >= 11 is 11.6. The van der Waals surface area contributed by atoms with E-state index in [1.54, 1.807) is 31.2 Å². The predicted molar refractivity (Wildman–Crippen MR) is 83.8 cm³/mol. The van der Waals surface area contributed by atoms with Gasteiger partial charge in [-0.25, -0.2) is 9.18 Å². The zero-order chi connectivity index (χ0) is 16.1. The molecule has 4 nitrogen and oxygen atoms in total. The van der Waals surface area contributed by atoms with Crippen LogP contribution in [-0.2, 0) is 6.54 Å². The fourth-order valence-electron chi connectivity index (χ4n) is 1.72. The van der Waals surface area contributed by atoms with Crippen molar-refractivity contribution in [2.45, 2.75) is 13.5 Å². The van der Waals surface area contributed by atoms with Gasteiger partial charge in [0.1, 0.15) is 16.1 Å². The van der Waals surface area contributed by atoms with Gasteiger partial charge in [0.05, 0.1) is 18.5 Å². The molecule has 0 aliphatic heterocycles. The minimum atomic E-state index is -0.536. The molecule has 0 atom stereocenters. The molecular formula is C15H13Cl2FN2O2. The Labute approximate surface area is 136 Å². The molecule has 2 amide bonds. The zero-order valence-corrected chi connectivity index (χ0v) is 13.1. The molecule has 0 saturated heterocycles. The Morgan fingerprint density at radius 3 is 2.68 bits per heavy atom. The number of urea groups is 1. The lowest BCUT2D eigenvalue weighted by Gasteiger charge is -2.12. The Bertz CT molecular complexity index is 696. The standard InChI is InChI=1S/C15H13Cl2FN2O2/c1-9-4-5-10(7-12(9)18)13(14(16)17)20-15(21)19-8-11-3-2-6-22-11/h2-7H,8H2,1H3,(H2,19,20,21). The fraction of sp³-hybridized carbons (Fsp3) is 0.133. The molecule has 0 aliphatic rings. The first-order valence-corrected chi connectivity index (χ1v) is 7.12. The van der Waals surface area contributed by atoms with E-state index < -0.39 is 11.8 Å². The van der Waals surface area contributed by atoms with Crippen LogP contribution in [0.15, 0.2) is 45.5 Å². The lowest BCUT2D eigenvalue weighted by molar-refractivity contribution is 0.243. The molecule has 0 unspecified atom stereocenters. The molecule has 7 heteroatoms. The normalized spacial score (nSPS) is 10.2. The van der Waals surface area contributed by atoms with Crippen molar-refractivity contribution in [1.82, 2.24) is 10.6 Å². The number of amides is 2. The Balaban J connectivity index is 2.07. The van der Waals surface area contributed by atoms with Gasteiger partial charge in [0.15, 0.2) is 0 Å². The molecule has 1 aromatic carbocycles. The first-order chi connectivity index (χ1) is 10.5. The van der Waals surface area contributed by atoms with Crippen LogP contribution in [0.4, 0.5) is 9.18 Å². The summed E-state index contributed by atoms with van der Waals surface area (Å²) in [6.45, 7) is 1.84. The molecule has 1 aromatic heterocycles. The molecule has 2 aromatic rings. The van der Waals surface area contributed by atoms with E-state index >= 15 is 0 Å². The van der Waals surface area contributed by atoms with Crippen molar-refractivity contribution in [3.63, 3.8) is 0 Å². The third kappa shape index (κ3) is 4.26. The summed E-state index contributed by atoms with van der Waals surface area (Å²) in [5.74, 6) is 0.182. The minimum Gasteiger partial charge on any atom is -0.467 e. The van der Waals surface area contributed by atoms with Crippen LogP contribution in [0.2, 0.25) is 0 Å². The molecule has 116 valence electrons. The number of hydrogen-bond acceptors (Lipinski definition) is 2. The SMILES string of the molecule is Cc1ccc(C(NC(=O)NCc2ccco2)=C(Cl)Cl)cc1F. The van der Waals surface area contributed by atoms with Gasteiger partial charge in [-0.3, -0.25) is 0 Å². The molecule has 2 rings (SSSR count). The van der Waals surface area contributed by atoms with Gasteiger partial charge in [0, 0.05) is 5.56 Å². The van der Waals surface area contributed by atoms with E-state index in [0.717, 1.165) is 0 Å². The van der Waals surface area contributed by atoms with Crippen LogP contribution in [0.3, 0.4) is 0 Å². The summed E-state index contributed by atoms with van der Waals surface area (Å²) in [6.07, 6.45) is 1.50. The number of hydrogen-bond donors (Lipinski definition) is 2. The van der Waals surface area contributed by atoms with Crippen molar-refractivity contribution in [3.8, 4) is 0 Å². The van der Waals surface area contributed by atoms with Gasteiger partial charge < -0.3 is 15.1 Å². The number of halogens is 3. The minimum absolute atomic E-state index is 0.124. The van der Waals surface area contributed by atoms with Crippen LogP contribution >= 0.6 is 23.2 Å². The third-order valence-corrected chi connectivity index (χ3v) is 3.27. The topological polar surface area (TPSA) is 54.3 Å².